The summed E-state index contributed by atoms with van der Waals surface area (Å²) in [6, 6.07) is 7.67. The second-order valence-electron chi connectivity index (χ2n) is 5.34. The van der Waals surface area contributed by atoms with Gasteiger partial charge < -0.3 is 14.5 Å². The third kappa shape index (κ3) is 2.92. The van der Waals surface area contributed by atoms with E-state index in [1.165, 1.54) is 0 Å². The Kier molecular flexibility index (Phi) is 3.97. The number of amides is 1. The number of hydrogen-bond acceptors (Lipinski definition) is 4. The Morgan fingerprint density at radius 3 is 2.90 bits per heavy atom. The molecule has 0 saturated carbocycles. The molecule has 0 unspecified atom stereocenters. The van der Waals surface area contributed by atoms with Crippen LogP contribution in [0.3, 0.4) is 0 Å². The lowest BCUT2D eigenvalue weighted by molar-refractivity contribution is -0.152. The minimum Gasteiger partial charge on any atom is -0.497 e. The molecule has 0 fully saturated rings. The van der Waals surface area contributed by atoms with Gasteiger partial charge in [0, 0.05) is 20.0 Å². The number of methoxy groups -OCH3 is 1. The quantitative estimate of drug-likeness (QED) is 0.847. The monoisotopic (exact) mass is 276 g/mol. The standard InChI is InChI=1S/C15H20N2O3/c1-11-9-15(2,20-16-11)14(18)17(3)10-12-6-5-7-13(8-12)19-4/h5-8H,9-10H2,1-4H3/t15-/m1/s1. The molecule has 5 heteroatoms. The molecule has 20 heavy (non-hydrogen) atoms. The molecule has 0 bridgehead atoms. The highest BCUT2D eigenvalue weighted by molar-refractivity contribution is 5.94. The van der Waals surface area contributed by atoms with Crippen molar-refractivity contribution >= 4 is 11.6 Å². The van der Waals surface area contributed by atoms with Gasteiger partial charge in [0.05, 0.1) is 12.8 Å². The van der Waals surface area contributed by atoms with Crippen molar-refractivity contribution in [3.63, 3.8) is 0 Å². The van der Waals surface area contributed by atoms with E-state index < -0.39 is 5.60 Å². The lowest BCUT2D eigenvalue weighted by Gasteiger charge is -2.27. The Morgan fingerprint density at radius 1 is 1.55 bits per heavy atom. The van der Waals surface area contributed by atoms with Crippen molar-refractivity contribution in [2.75, 3.05) is 14.2 Å². The Bertz CT molecular complexity index is 542. The van der Waals surface area contributed by atoms with Crippen molar-refractivity contribution < 1.29 is 14.4 Å². The molecular weight excluding hydrogens is 256 g/mol. The molecule has 0 aliphatic carbocycles. The van der Waals surface area contributed by atoms with Crippen LogP contribution in [-0.4, -0.2) is 36.3 Å². The lowest BCUT2D eigenvalue weighted by Crippen LogP contribution is -2.45. The molecule has 2 rings (SSSR count). The van der Waals surface area contributed by atoms with E-state index in [9.17, 15) is 4.79 Å². The lowest BCUT2D eigenvalue weighted by atomic mass is 9.98. The largest absolute Gasteiger partial charge is 0.497 e. The van der Waals surface area contributed by atoms with E-state index in [-0.39, 0.29) is 5.91 Å². The maximum Gasteiger partial charge on any atom is 0.269 e. The summed E-state index contributed by atoms with van der Waals surface area (Å²) in [5, 5.41) is 3.88. The van der Waals surface area contributed by atoms with Crippen LogP contribution >= 0.6 is 0 Å². The third-order valence-corrected chi connectivity index (χ3v) is 3.35. The van der Waals surface area contributed by atoms with Crippen molar-refractivity contribution in [3.05, 3.63) is 29.8 Å². The molecule has 108 valence electrons. The van der Waals surface area contributed by atoms with Crippen LogP contribution in [0.5, 0.6) is 5.75 Å². The van der Waals surface area contributed by atoms with E-state index in [1.54, 1.807) is 26.0 Å². The molecule has 1 aromatic rings. The average molecular weight is 276 g/mol. The van der Waals surface area contributed by atoms with Crippen molar-refractivity contribution in [1.82, 2.24) is 4.90 Å². The number of carbonyl (C=O) groups excluding carboxylic acids is 1. The molecule has 1 aliphatic heterocycles. The van der Waals surface area contributed by atoms with Gasteiger partial charge >= 0.3 is 0 Å². The number of nitrogens with zero attached hydrogens (tertiary/aromatic N) is 2. The first-order valence-corrected chi connectivity index (χ1v) is 6.55. The number of likely N-dealkylation sites (N-methyl/N-ethyl adjacent to an activating group) is 1. The molecule has 0 saturated heterocycles. The van der Waals surface area contributed by atoms with Crippen molar-refractivity contribution in [1.29, 1.82) is 0 Å². The Morgan fingerprint density at radius 2 is 2.30 bits per heavy atom. The van der Waals surface area contributed by atoms with Gasteiger partial charge in [0.1, 0.15) is 5.75 Å². The van der Waals surface area contributed by atoms with Gasteiger partial charge in [-0.3, -0.25) is 4.79 Å². The molecule has 1 heterocycles. The topological polar surface area (TPSA) is 51.1 Å². The first-order chi connectivity index (χ1) is 9.44. The van der Waals surface area contributed by atoms with E-state index in [4.69, 9.17) is 9.57 Å². The number of rotatable bonds is 4. The van der Waals surface area contributed by atoms with Gasteiger partial charge in [-0.25, -0.2) is 0 Å². The van der Waals surface area contributed by atoms with Crippen LogP contribution in [0.1, 0.15) is 25.8 Å². The molecule has 1 aromatic carbocycles. The van der Waals surface area contributed by atoms with Crippen LogP contribution in [0.2, 0.25) is 0 Å². The first kappa shape index (κ1) is 14.4. The van der Waals surface area contributed by atoms with Crippen LogP contribution < -0.4 is 4.74 Å². The zero-order valence-electron chi connectivity index (χ0n) is 12.3. The molecule has 1 aliphatic rings. The fraction of sp³-hybridized carbons (Fsp3) is 0.467. The predicted octanol–water partition coefficient (Wildman–Crippen LogP) is 2.21. The predicted molar refractivity (Wildman–Crippen MR) is 76.7 cm³/mol. The highest BCUT2D eigenvalue weighted by Crippen LogP contribution is 2.26. The summed E-state index contributed by atoms with van der Waals surface area (Å²) < 4.78 is 5.18. The number of oxime groups is 1. The highest BCUT2D eigenvalue weighted by Gasteiger charge is 2.42. The van der Waals surface area contributed by atoms with Crippen LogP contribution in [0.4, 0.5) is 0 Å². The normalized spacial score (nSPS) is 21.1. The summed E-state index contributed by atoms with van der Waals surface area (Å²) in [4.78, 5) is 19.4. The molecule has 0 radical (unpaired) electrons. The van der Waals surface area contributed by atoms with E-state index in [0.29, 0.717) is 13.0 Å². The summed E-state index contributed by atoms with van der Waals surface area (Å²) in [5.41, 5.74) is 0.979. The molecule has 1 atom stereocenters. The Balaban J connectivity index is 2.04. The van der Waals surface area contributed by atoms with E-state index >= 15 is 0 Å². The maximum atomic E-state index is 12.5. The van der Waals surface area contributed by atoms with E-state index in [0.717, 1.165) is 17.0 Å². The zero-order chi connectivity index (χ0) is 14.8. The summed E-state index contributed by atoms with van der Waals surface area (Å²) >= 11 is 0. The van der Waals surface area contributed by atoms with Crippen LogP contribution in [0.15, 0.2) is 29.4 Å². The van der Waals surface area contributed by atoms with Gasteiger partial charge in [0.2, 0.25) is 5.60 Å². The first-order valence-electron chi connectivity index (χ1n) is 6.55. The SMILES string of the molecule is COc1cccc(CN(C)C(=O)[C@@]2(C)CC(C)=NO2)c1. The summed E-state index contributed by atoms with van der Waals surface area (Å²) in [5.74, 6) is 0.715. The fourth-order valence-electron chi connectivity index (χ4n) is 2.37. The third-order valence-electron chi connectivity index (χ3n) is 3.35. The van der Waals surface area contributed by atoms with Crippen LogP contribution in [0, 0.1) is 0 Å². The van der Waals surface area contributed by atoms with Gasteiger partial charge in [-0.1, -0.05) is 17.3 Å². The maximum absolute atomic E-state index is 12.5. The minimum atomic E-state index is -0.877. The Hall–Kier alpha value is -2.04. The number of carbonyl (C=O) groups is 1. The van der Waals surface area contributed by atoms with Crippen LogP contribution in [-0.2, 0) is 16.2 Å². The number of benzene rings is 1. The zero-order valence-corrected chi connectivity index (χ0v) is 12.3. The average Bonchev–Trinajstić information content (AvgIpc) is 2.79. The fourth-order valence-corrected chi connectivity index (χ4v) is 2.37. The molecule has 1 amide bonds. The summed E-state index contributed by atoms with van der Waals surface area (Å²) in [6.07, 6.45) is 0.536. The number of hydrogen-bond donors (Lipinski definition) is 0. The van der Waals surface area contributed by atoms with Gasteiger partial charge in [-0.2, -0.15) is 0 Å². The van der Waals surface area contributed by atoms with Gasteiger partial charge in [-0.15, -0.1) is 0 Å². The Labute approximate surface area is 119 Å². The molecular formula is C15H20N2O3. The highest BCUT2D eigenvalue weighted by atomic mass is 16.7. The number of ether oxygens (including phenoxy) is 1. The van der Waals surface area contributed by atoms with Gasteiger partial charge in [0.15, 0.2) is 0 Å². The molecule has 5 nitrogen and oxygen atoms in total. The molecule has 0 spiro atoms. The van der Waals surface area contributed by atoms with E-state index in [2.05, 4.69) is 5.16 Å². The smallest absolute Gasteiger partial charge is 0.269 e. The molecule has 0 N–H and O–H groups in total. The van der Waals surface area contributed by atoms with E-state index in [1.807, 2.05) is 31.2 Å². The van der Waals surface area contributed by atoms with Crippen molar-refractivity contribution in [2.24, 2.45) is 5.16 Å². The van der Waals surface area contributed by atoms with Crippen molar-refractivity contribution in [2.45, 2.75) is 32.4 Å². The molecule has 0 aromatic heterocycles. The second kappa shape index (κ2) is 5.53. The minimum absolute atomic E-state index is 0.0686. The van der Waals surface area contributed by atoms with Crippen molar-refractivity contribution in [3.8, 4) is 5.75 Å². The van der Waals surface area contributed by atoms with Crippen LogP contribution in [0.25, 0.3) is 0 Å². The summed E-state index contributed by atoms with van der Waals surface area (Å²) in [7, 11) is 3.39. The summed E-state index contributed by atoms with van der Waals surface area (Å²) in [6.45, 7) is 4.14. The van der Waals surface area contributed by atoms with Gasteiger partial charge in [-0.05, 0) is 31.5 Å². The second-order valence-corrected chi connectivity index (χ2v) is 5.34. The van der Waals surface area contributed by atoms with Gasteiger partial charge in [0.25, 0.3) is 5.91 Å².